The van der Waals surface area contributed by atoms with Crippen LogP contribution in [0, 0.1) is 22.9 Å². The Balaban J connectivity index is 3.63. The van der Waals surface area contributed by atoms with Crippen LogP contribution in [0.3, 0.4) is 0 Å². The van der Waals surface area contributed by atoms with E-state index >= 15 is 0 Å². The van der Waals surface area contributed by atoms with Crippen molar-refractivity contribution in [2.24, 2.45) is 0 Å². The molecule has 0 radical (unpaired) electrons. The van der Waals surface area contributed by atoms with Gasteiger partial charge in [-0.3, -0.25) is 10.1 Å². The van der Waals surface area contributed by atoms with Gasteiger partial charge in [0, 0.05) is 0 Å². The van der Waals surface area contributed by atoms with E-state index in [4.69, 9.17) is 5.11 Å². The first-order chi connectivity index (χ1) is 6.86. The minimum absolute atomic E-state index is 0.0463. The SMILES string of the molecule is Cc1cc(C(=O)O)c(F)c([N+](=O)[O-])c1Br. The van der Waals surface area contributed by atoms with Gasteiger partial charge in [-0.15, -0.1) is 0 Å². The molecule has 1 aromatic carbocycles. The van der Waals surface area contributed by atoms with Gasteiger partial charge in [0.1, 0.15) is 10.0 Å². The molecular weight excluding hydrogens is 273 g/mol. The van der Waals surface area contributed by atoms with Gasteiger partial charge in [0.2, 0.25) is 5.82 Å². The summed E-state index contributed by atoms with van der Waals surface area (Å²) in [7, 11) is 0. The number of carbonyl (C=O) groups is 1. The number of nitro benzene ring substituents is 1. The normalized spacial score (nSPS) is 10.1. The number of aryl methyl sites for hydroxylation is 1. The summed E-state index contributed by atoms with van der Waals surface area (Å²) in [6.07, 6.45) is 0. The first-order valence-electron chi connectivity index (χ1n) is 3.72. The van der Waals surface area contributed by atoms with Crippen molar-refractivity contribution in [1.82, 2.24) is 0 Å². The summed E-state index contributed by atoms with van der Waals surface area (Å²) in [6.45, 7) is 1.45. The Morgan fingerprint density at radius 3 is 2.60 bits per heavy atom. The molecule has 80 valence electrons. The maximum Gasteiger partial charge on any atom is 0.338 e. The monoisotopic (exact) mass is 277 g/mol. The largest absolute Gasteiger partial charge is 0.478 e. The zero-order chi connectivity index (χ0) is 11.7. The average Bonchev–Trinajstić information content (AvgIpc) is 2.10. The zero-order valence-corrected chi connectivity index (χ0v) is 9.04. The summed E-state index contributed by atoms with van der Waals surface area (Å²) in [5.74, 6) is -2.88. The van der Waals surface area contributed by atoms with E-state index in [9.17, 15) is 19.3 Å². The highest BCUT2D eigenvalue weighted by Gasteiger charge is 2.27. The molecule has 0 saturated carbocycles. The van der Waals surface area contributed by atoms with E-state index in [-0.39, 0.29) is 4.47 Å². The van der Waals surface area contributed by atoms with Crippen LogP contribution in [0.2, 0.25) is 0 Å². The summed E-state index contributed by atoms with van der Waals surface area (Å²) in [6, 6.07) is 1.04. The highest BCUT2D eigenvalue weighted by Crippen LogP contribution is 2.33. The molecule has 1 rings (SSSR count). The molecule has 1 N–H and O–H groups in total. The van der Waals surface area contributed by atoms with Crippen LogP contribution in [-0.4, -0.2) is 16.0 Å². The Morgan fingerprint density at radius 2 is 2.20 bits per heavy atom. The van der Waals surface area contributed by atoms with Gasteiger partial charge >= 0.3 is 11.7 Å². The number of hydrogen-bond acceptors (Lipinski definition) is 3. The van der Waals surface area contributed by atoms with Crippen molar-refractivity contribution in [2.75, 3.05) is 0 Å². The lowest BCUT2D eigenvalue weighted by Crippen LogP contribution is -2.06. The number of rotatable bonds is 2. The smallest absolute Gasteiger partial charge is 0.338 e. The van der Waals surface area contributed by atoms with Crippen molar-refractivity contribution in [3.8, 4) is 0 Å². The molecule has 5 nitrogen and oxygen atoms in total. The van der Waals surface area contributed by atoms with Crippen molar-refractivity contribution in [3.05, 3.63) is 37.6 Å². The molecule has 0 saturated heterocycles. The van der Waals surface area contributed by atoms with Crippen LogP contribution in [-0.2, 0) is 0 Å². The van der Waals surface area contributed by atoms with Crippen molar-refractivity contribution in [2.45, 2.75) is 6.92 Å². The summed E-state index contributed by atoms with van der Waals surface area (Å²) >= 11 is 2.84. The predicted octanol–water partition coefficient (Wildman–Crippen LogP) is 2.50. The highest BCUT2D eigenvalue weighted by molar-refractivity contribution is 9.10. The molecule has 0 heterocycles. The van der Waals surface area contributed by atoms with E-state index in [2.05, 4.69) is 15.9 Å². The van der Waals surface area contributed by atoms with Crippen LogP contribution in [0.4, 0.5) is 10.1 Å². The van der Waals surface area contributed by atoms with E-state index in [1.165, 1.54) is 6.92 Å². The third kappa shape index (κ3) is 1.96. The summed E-state index contributed by atoms with van der Waals surface area (Å²) < 4.78 is 13.3. The molecule has 0 amide bonds. The van der Waals surface area contributed by atoms with Crippen LogP contribution in [0.1, 0.15) is 15.9 Å². The molecule has 15 heavy (non-hydrogen) atoms. The Bertz CT molecular complexity index is 460. The highest BCUT2D eigenvalue weighted by atomic mass is 79.9. The number of benzene rings is 1. The maximum absolute atomic E-state index is 13.4. The van der Waals surface area contributed by atoms with Gasteiger partial charge in [0.25, 0.3) is 0 Å². The van der Waals surface area contributed by atoms with Gasteiger partial charge < -0.3 is 5.11 Å². The first-order valence-corrected chi connectivity index (χ1v) is 4.51. The predicted molar refractivity (Wildman–Crippen MR) is 52.5 cm³/mol. The molecule has 0 aliphatic rings. The molecule has 0 spiro atoms. The average molecular weight is 278 g/mol. The fraction of sp³-hybridized carbons (Fsp3) is 0.125. The standard InChI is InChI=1S/C8H5BrFNO4/c1-3-2-4(8(12)13)6(10)7(5(3)9)11(14)15/h2H,1H3,(H,12,13). The quantitative estimate of drug-likeness (QED) is 0.665. The maximum atomic E-state index is 13.4. The topological polar surface area (TPSA) is 80.4 Å². The Hall–Kier alpha value is -1.50. The van der Waals surface area contributed by atoms with Crippen LogP contribution >= 0.6 is 15.9 Å². The van der Waals surface area contributed by atoms with Crippen LogP contribution in [0.25, 0.3) is 0 Å². The number of nitrogens with zero attached hydrogens (tertiary/aromatic N) is 1. The Kier molecular flexibility index (Phi) is 3.04. The third-order valence-corrected chi connectivity index (χ3v) is 2.77. The summed E-state index contributed by atoms with van der Waals surface area (Å²) in [5, 5.41) is 19.1. The van der Waals surface area contributed by atoms with E-state index in [0.29, 0.717) is 5.56 Å². The molecule has 0 aliphatic carbocycles. The number of aromatic carboxylic acids is 1. The van der Waals surface area contributed by atoms with Crippen LogP contribution in [0.5, 0.6) is 0 Å². The molecule has 0 fully saturated rings. The van der Waals surface area contributed by atoms with E-state index in [1.807, 2.05) is 0 Å². The molecule has 1 aromatic rings. The second kappa shape index (κ2) is 3.93. The van der Waals surface area contributed by atoms with Crippen LogP contribution in [0.15, 0.2) is 10.5 Å². The fourth-order valence-corrected chi connectivity index (χ4v) is 1.50. The van der Waals surface area contributed by atoms with Gasteiger partial charge in [0.05, 0.1) is 4.92 Å². The van der Waals surface area contributed by atoms with Crippen molar-refractivity contribution in [3.63, 3.8) is 0 Å². The van der Waals surface area contributed by atoms with Crippen molar-refractivity contribution >= 4 is 27.6 Å². The minimum Gasteiger partial charge on any atom is -0.478 e. The number of carboxylic acid groups (broad SMARTS) is 1. The Labute approximate surface area is 91.8 Å². The van der Waals surface area contributed by atoms with Gasteiger partial charge in [-0.05, 0) is 34.5 Å². The van der Waals surface area contributed by atoms with E-state index in [0.717, 1.165) is 6.07 Å². The molecule has 0 bridgehead atoms. The zero-order valence-electron chi connectivity index (χ0n) is 7.45. The molecule has 0 aliphatic heterocycles. The molecule has 0 unspecified atom stereocenters. The van der Waals surface area contributed by atoms with Gasteiger partial charge in [-0.2, -0.15) is 4.39 Å². The number of hydrogen-bond donors (Lipinski definition) is 1. The van der Waals surface area contributed by atoms with Crippen molar-refractivity contribution < 1.29 is 19.2 Å². The van der Waals surface area contributed by atoms with Gasteiger partial charge in [0.15, 0.2) is 0 Å². The lowest BCUT2D eigenvalue weighted by atomic mass is 10.1. The first kappa shape index (κ1) is 11.6. The minimum atomic E-state index is -1.54. The lowest BCUT2D eigenvalue weighted by Gasteiger charge is -2.04. The van der Waals surface area contributed by atoms with Gasteiger partial charge in [-0.1, -0.05) is 0 Å². The van der Waals surface area contributed by atoms with E-state index in [1.54, 1.807) is 0 Å². The second-order valence-corrected chi connectivity index (χ2v) is 3.57. The summed E-state index contributed by atoms with van der Waals surface area (Å²) in [5.41, 5.74) is -1.27. The molecule has 0 atom stereocenters. The van der Waals surface area contributed by atoms with Crippen LogP contribution < -0.4 is 0 Å². The van der Waals surface area contributed by atoms with Crippen molar-refractivity contribution in [1.29, 1.82) is 0 Å². The number of halogens is 2. The fourth-order valence-electron chi connectivity index (χ4n) is 1.07. The molecular formula is C8H5BrFNO4. The Morgan fingerprint density at radius 1 is 1.67 bits per heavy atom. The molecule has 7 heteroatoms. The second-order valence-electron chi connectivity index (χ2n) is 2.78. The lowest BCUT2D eigenvalue weighted by molar-refractivity contribution is -0.388. The number of nitro groups is 1. The third-order valence-electron chi connectivity index (χ3n) is 1.77. The number of carboxylic acids is 1. The summed E-state index contributed by atoms with van der Waals surface area (Å²) in [4.78, 5) is 20.1. The van der Waals surface area contributed by atoms with Gasteiger partial charge in [-0.25, -0.2) is 4.79 Å². The van der Waals surface area contributed by atoms with E-state index < -0.39 is 28.0 Å². The molecule has 0 aromatic heterocycles.